The third-order valence-corrected chi connectivity index (χ3v) is 3.67. The van der Waals surface area contributed by atoms with Crippen LogP contribution in [0.2, 0.25) is 0 Å². The Balaban J connectivity index is 1.69. The summed E-state index contributed by atoms with van der Waals surface area (Å²) in [5.41, 5.74) is 4.99. The Labute approximate surface area is 137 Å². The predicted octanol–water partition coefficient (Wildman–Crippen LogP) is 1.01. The first kappa shape index (κ1) is 15.9. The molecule has 1 atom stereocenters. The second kappa shape index (κ2) is 6.61. The lowest BCUT2D eigenvalue weighted by Gasteiger charge is -2.17. The fourth-order valence-electron chi connectivity index (χ4n) is 2.57. The van der Waals surface area contributed by atoms with Crippen molar-refractivity contribution in [3.8, 4) is 5.75 Å². The molecule has 0 aliphatic carbocycles. The van der Waals surface area contributed by atoms with E-state index in [2.05, 4.69) is 9.97 Å². The molecule has 1 aromatic carbocycles. The summed E-state index contributed by atoms with van der Waals surface area (Å²) < 4.78 is 18.9. The predicted molar refractivity (Wildman–Crippen MR) is 81.9 cm³/mol. The van der Waals surface area contributed by atoms with Crippen LogP contribution in [0.5, 0.6) is 5.75 Å². The molecule has 124 valence electrons. The van der Waals surface area contributed by atoms with E-state index in [9.17, 15) is 14.0 Å². The summed E-state index contributed by atoms with van der Waals surface area (Å²) >= 11 is 0. The van der Waals surface area contributed by atoms with Crippen molar-refractivity contribution in [1.29, 1.82) is 0 Å². The molecule has 1 saturated heterocycles. The smallest absolute Gasteiger partial charge is 0.275 e. The standard InChI is InChI=1S/C16H15FN4O3/c17-10-2-1-3-11(8-10)24-12-4-7-21(9-12)16(23)14-13(15(18)22)19-5-6-20-14/h1-3,5-6,8,12H,4,7,9H2,(H2,18,22). The van der Waals surface area contributed by atoms with E-state index < -0.39 is 11.8 Å². The minimum Gasteiger partial charge on any atom is -0.488 e. The zero-order valence-corrected chi connectivity index (χ0v) is 12.7. The van der Waals surface area contributed by atoms with E-state index in [1.165, 1.54) is 29.4 Å². The van der Waals surface area contributed by atoms with Crippen molar-refractivity contribution in [1.82, 2.24) is 14.9 Å². The zero-order valence-electron chi connectivity index (χ0n) is 12.7. The Kier molecular flexibility index (Phi) is 4.37. The molecule has 0 radical (unpaired) electrons. The second-order valence-corrected chi connectivity index (χ2v) is 5.35. The summed E-state index contributed by atoms with van der Waals surface area (Å²) in [6, 6.07) is 5.83. The molecular formula is C16H15FN4O3. The van der Waals surface area contributed by atoms with Gasteiger partial charge in [0.15, 0.2) is 11.4 Å². The summed E-state index contributed by atoms with van der Waals surface area (Å²) in [7, 11) is 0. The van der Waals surface area contributed by atoms with Gasteiger partial charge in [-0.15, -0.1) is 0 Å². The fraction of sp³-hybridized carbons (Fsp3) is 0.250. The summed E-state index contributed by atoms with van der Waals surface area (Å²) in [6.45, 7) is 0.748. The number of nitrogens with two attached hydrogens (primary N) is 1. The molecule has 3 rings (SSSR count). The van der Waals surface area contributed by atoms with E-state index in [-0.39, 0.29) is 23.3 Å². The topological polar surface area (TPSA) is 98.4 Å². The van der Waals surface area contributed by atoms with Gasteiger partial charge in [-0.05, 0) is 12.1 Å². The van der Waals surface area contributed by atoms with Gasteiger partial charge < -0.3 is 15.4 Å². The first-order chi connectivity index (χ1) is 11.5. The quantitative estimate of drug-likeness (QED) is 0.902. The zero-order chi connectivity index (χ0) is 17.1. The number of carbonyl (C=O) groups excluding carboxylic acids is 2. The van der Waals surface area contributed by atoms with Crippen LogP contribution >= 0.6 is 0 Å². The molecule has 1 aromatic heterocycles. The van der Waals surface area contributed by atoms with Crippen molar-refractivity contribution in [2.24, 2.45) is 5.73 Å². The van der Waals surface area contributed by atoms with Crippen molar-refractivity contribution in [3.05, 3.63) is 53.9 Å². The Morgan fingerprint density at radius 2 is 2.00 bits per heavy atom. The van der Waals surface area contributed by atoms with Gasteiger partial charge in [0.05, 0.1) is 6.54 Å². The van der Waals surface area contributed by atoms with E-state index in [1.807, 2.05) is 0 Å². The van der Waals surface area contributed by atoms with Crippen LogP contribution < -0.4 is 10.5 Å². The van der Waals surface area contributed by atoms with Gasteiger partial charge in [0, 0.05) is 31.4 Å². The summed E-state index contributed by atoms with van der Waals surface area (Å²) in [6.07, 6.45) is 2.96. The van der Waals surface area contributed by atoms with Gasteiger partial charge in [-0.2, -0.15) is 0 Å². The maximum absolute atomic E-state index is 13.2. The van der Waals surface area contributed by atoms with E-state index in [0.29, 0.717) is 25.3 Å². The van der Waals surface area contributed by atoms with Gasteiger partial charge >= 0.3 is 0 Å². The van der Waals surface area contributed by atoms with Gasteiger partial charge in [0.25, 0.3) is 11.8 Å². The number of likely N-dealkylation sites (tertiary alicyclic amines) is 1. The largest absolute Gasteiger partial charge is 0.488 e. The molecule has 1 aliphatic heterocycles. The molecule has 24 heavy (non-hydrogen) atoms. The molecule has 1 aliphatic rings. The third-order valence-electron chi connectivity index (χ3n) is 3.67. The molecule has 8 heteroatoms. The number of ether oxygens (including phenoxy) is 1. The molecule has 0 spiro atoms. The molecule has 1 fully saturated rings. The van der Waals surface area contributed by atoms with Crippen LogP contribution in [0.3, 0.4) is 0 Å². The molecule has 2 aromatic rings. The lowest BCUT2D eigenvalue weighted by Crippen LogP contribution is -2.33. The maximum Gasteiger partial charge on any atom is 0.275 e. The van der Waals surface area contributed by atoms with E-state index in [0.717, 1.165) is 0 Å². The van der Waals surface area contributed by atoms with Crippen molar-refractivity contribution >= 4 is 11.8 Å². The summed E-state index contributed by atoms with van der Waals surface area (Å²) in [5, 5.41) is 0. The van der Waals surface area contributed by atoms with Crippen LogP contribution in [0.1, 0.15) is 27.4 Å². The van der Waals surface area contributed by atoms with Crippen LogP contribution in [-0.4, -0.2) is 45.9 Å². The lowest BCUT2D eigenvalue weighted by atomic mass is 10.2. The highest BCUT2D eigenvalue weighted by Gasteiger charge is 2.31. The average molecular weight is 330 g/mol. The molecular weight excluding hydrogens is 315 g/mol. The first-order valence-corrected chi connectivity index (χ1v) is 7.37. The fourth-order valence-corrected chi connectivity index (χ4v) is 2.57. The highest BCUT2D eigenvalue weighted by Crippen LogP contribution is 2.20. The number of carbonyl (C=O) groups is 2. The number of amides is 2. The van der Waals surface area contributed by atoms with E-state index >= 15 is 0 Å². The summed E-state index contributed by atoms with van der Waals surface area (Å²) in [5.74, 6) is -1.21. The Hall–Kier alpha value is -3.03. The molecule has 1 unspecified atom stereocenters. The molecule has 0 bridgehead atoms. The third kappa shape index (κ3) is 3.32. The highest BCUT2D eigenvalue weighted by molar-refractivity contribution is 6.04. The monoisotopic (exact) mass is 330 g/mol. The molecule has 2 heterocycles. The molecule has 2 N–H and O–H groups in total. The minimum absolute atomic E-state index is 0.0728. The van der Waals surface area contributed by atoms with E-state index in [4.69, 9.17) is 10.5 Å². The van der Waals surface area contributed by atoms with Crippen molar-refractivity contribution in [2.75, 3.05) is 13.1 Å². The summed E-state index contributed by atoms with van der Waals surface area (Å²) in [4.78, 5) is 33.1. The Morgan fingerprint density at radius 1 is 1.25 bits per heavy atom. The van der Waals surface area contributed by atoms with Crippen molar-refractivity contribution in [3.63, 3.8) is 0 Å². The number of halogens is 1. The van der Waals surface area contributed by atoms with Gasteiger partial charge in [-0.25, -0.2) is 14.4 Å². The van der Waals surface area contributed by atoms with E-state index in [1.54, 1.807) is 12.1 Å². The normalized spacial score (nSPS) is 16.9. The second-order valence-electron chi connectivity index (χ2n) is 5.35. The highest BCUT2D eigenvalue weighted by atomic mass is 19.1. The number of rotatable bonds is 4. The van der Waals surface area contributed by atoms with Crippen molar-refractivity contribution < 1.29 is 18.7 Å². The van der Waals surface area contributed by atoms with Gasteiger partial charge in [-0.3, -0.25) is 9.59 Å². The number of nitrogens with zero attached hydrogens (tertiary/aromatic N) is 3. The van der Waals surface area contributed by atoms with Crippen LogP contribution in [-0.2, 0) is 0 Å². The van der Waals surface area contributed by atoms with Crippen LogP contribution in [0.15, 0.2) is 36.7 Å². The molecule has 0 saturated carbocycles. The van der Waals surface area contributed by atoms with Gasteiger partial charge in [0.2, 0.25) is 0 Å². The van der Waals surface area contributed by atoms with Crippen molar-refractivity contribution in [2.45, 2.75) is 12.5 Å². The molecule has 2 amide bonds. The van der Waals surface area contributed by atoms with Gasteiger partial charge in [0.1, 0.15) is 17.7 Å². The number of hydrogen-bond acceptors (Lipinski definition) is 5. The Bertz CT molecular complexity index is 783. The number of primary amides is 1. The number of benzene rings is 1. The molecule has 7 nitrogen and oxygen atoms in total. The Morgan fingerprint density at radius 3 is 2.71 bits per heavy atom. The number of aromatic nitrogens is 2. The van der Waals surface area contributed by atoms with Crippen LogP contribution in [0.25, 0.3) is 0 Å². The SMILES string of the molecule is NC(=O)c1nccnc1C(=O)N1CCC(Oc2cccc(F)c2)C1. The van der Waals surface area contributed by atoms with Gasteiger partial charge in [-0.1, -0.05) is 6.07 Å². The lowest BCUT2D eigenvalue weighted by molar-refractivity contribution is 0.0760. The first-order valence-electron chi connectivity index (χ1n) is 7.37. The van der Waals surface area contributed by atoms with Crippen LogP contribution in [0.4, 0.5) is 4.39 Å². The maximum atomic E-state index is 13.2. The minimum atomic E-state index is -0.807. The number of hydrogen-bond donors (Lipinski definition) is 1. The van der Waals surface area contributed by atoms with Crippen LogP contribution in [0, 0.1) is 5.82 Å². The average Bonchev–Trinajstić information content (AvgIpc) is 3.02.